The summed E-state index contributed by atoms with van der Waals surface area (Å²) in [5.41, 5.74) is 5.18. The van der Waals surface area contributed by atoms with Gasteiger partial charge in [-0.05, 0) is 35.1 Å². The van der Waals surface area contributed by atoms with E-state index in [1.165, 1.54) is 16.7 Å². The number of hydrogen-bond acceptors (Lipinski definition) is 3. The van der Waals surface area contributed by atoms with Gasteiger partial charge < -0.3 is 10.2 Å². The summed E-state index contributed by atoms with van der Waals surface area (Å²) in [4.78, 5) is 29.0. The van der Waals surface area contributed by atoms with Crippen molar-refractivity contribution in [1.29, 1.82) is 0 Å². The van der Waals surface area contributed by atoms with Crippen LogP contribution in [0, 0.1) is 0 Å². The van der Waals surface area contributed by atoms with Crippen molar-refractivity contribution in [2.75, 3.05) is 26.2 Å². The summed E-state index contributed by atoms with van der Waals surface area (Å²) in [5, 5.41) is 3.07. The SMILES string of the molecule is CC(=O)N1CCc2ccccc2C1CC(=O)NCCN1CCc2ccccc2C1. The third-order valence-electron chi connectivity index (χ3n) is 6.16. The maximum Gasteiger partial charge on any atom is 0.222 e. The van der Waals surface area contributed by atoms with E-state index in [0.29, 0.717) is 19.5 Å². The first kappa shape index (κ1) is 19.6. The van der Waals surface area contributed by atoms with E-state index in [1.54, 1.807) is 6.92 Å². The minimum Gasteiger partial charge on any atom is -0.355 e. The first-order valence-electron chi connectivity index (χ1n) is 10.5. The standard InChI is InChI=1S/C24H29N3O2/c1-18(28)27-14-11-20-7-4-5-9-22(20)23(27)16-24(29)25-12-15-26-13-10-19-6-2-3-8-21(19)17-26/h2-9,23H,10-17H2,1H3,(H,25,29). The Bertz CT molecular complexity index is 895. The van der Waals surface area contributed by atoms with E-state index < -0.39 is 0 Å². The largest absolute Gasteiger partial charge is 0.355 e. The Balaban J connectivity index is 1.32. The summed E-state index contributed by atoms with van der Waals surface area (Å²) in [6.07, 6.45) is 2.24. The summed E-state index contributed by atoms with van der Waals surface area (Å²) < 4.78 is 0. The molecule has 5 heteroatoms. The molecule has 5 nitrogen and oxygen atoms in total. The van der Waals surface area contributed by atoms with E-state index in [9.17, 15) is 9.59 Å². The van der Waals surface area contributed by atoms with Crippen molar-refractivity contribution in [3.8, 4) is 0 Å². The average Bonchev–Trinajstić information content (AvgIpc) is 2.73. The van der Waals surface area contributed by atoms with E-state index in [4.69, 9.17) is 0 Å². The van der Waals surface area contributed by atoms with Gasteiger partial charge in [0.05, 0.1) is 12.5 Å². The van der Waals surface area contributed by atoms with Gasteiger partial charge in [-0.1, -0.05) is 48.5 Å². The summed E-state index contributed by atoms with van der Waals surface area (Å²) in [7, 11) is 0. The first-order valence-corrected chi connectivity index (χ1v) is 10.5. The van der Waals surface area contributed by atoms with Crippen molar-refractivity contribution in [3.05, 3.63) is 70.8 Å². The lowest BCUT2D eigenvalue weighted by molar-refractivity contribution is -0.133. The zero-order valence-corrected chi connectivity index (χ0v) is 17.1. The molecule has 0 bridgehead atoms. The molecule has 0 radical (unpaired) electrons. The number of benzene rings is 2. The molecule has 152 valence electrons. The second-order valence-corrected chi connectivity index (χ2v) is 8.03. The Morgan fingerprint density at radius 2 is 1.66 bits per heavy atom. The molecular weight excluding hydrogens is 362 g/mol. The van der Waals surface area contributed by atoms with Gasteiger partial charge in [-0.2, -0.15) is 0 Å². The van der Waals surface area contributed by atoms with Crippen LogP contribution in [-0.2, 0) is 29.0 Å². The van der Waals surface area contributed by atoms with Crippen molar-refractivity contribution < 1.29 is 9.59 Å². The fraction of sp³-hybridized carbons (Fsp3) is 0.417. The second-order valence-electron chi connectivity index (χ2n) is 8.03. The number of nitrogens with one attached hydrogen (secondary N) is 1. The van der Waals surface area contributed by atoms with E-state index in [-0.39, 0.29) is 17.9 Å². The molecule has 1 atom stereocenters. The summed E-state index contributed by atoms with van der Waals surface area (Å²) in [6, 6.07) is 16.6. The summed E-state index contributed by atoms with van der Waals surface area (Å²) >= 11 is 0. The predicted octanol–water partition coefficient (Wildman–Crippen LogP) is 2.70. The number of carbonyl (C=O) groups is 2. The fourth-order valence-corrected chi connectivity index (χ4v) is 4.59. The highest BCUT2D eigenvalue weighted by Gasteiger charge is 2.30. The number of carbonyl (C=O) groups excluding carboxylic acids is 2. The summed E-state index contributed by atoms with van der Waals surface area (Å²) in [5.74, 6) is 0.0413. The highest BCUT2D eigenvalue weighted by molar-refractivity contribution is 5.79. The molecule has 2 aliphatic heterocycles. The van der Waals surface area contributed by atoms with Crippen LogP contribution in [0.1, 0.15) is 41.6 Å². The lowest BCUT2D eigenvalue weighted by Gasteiger charge is -2.36. The van der Waals surface area contributed by atoms with Gasteiger partial charge >= 0.3 is 0 Å². The Kier molecular flexibility index (Phi) is 5.95. The number of hydrogen-bond donors (Lipinski definition) is 1. The normalized spacial score (nSPS) is 18.7. The van der Waals surface area contributed by atoms with Gasteiger partial charge in [0.1, 0.15) is 0 Å². The smallest absolute Gasteiger partial charge is 0.222 e. The molecular formula is C24H29N3O2. The maximum absolute atomic E-state index is 12.7. The van der Waals surface area contributed by atoms with Crippen molar-refractivity contribution in [2.45, 2.75) is 38.8 Å². The molecule has 29 heavy (non-hydrogen) atoms. The predicted molar refractivity (Wildman–Crippen MR) is 113 cm³/mol. The molecule has 2 amide bonds. The third kappa shape index (κ3) is 4.51. The molecule has 2 heterocycles. The zero-order chi connectivity index (χ0) is 20.2. The van der Waals surface area contributed by atoms with Crippen LogP contribution in [0.4, 0.5) is 0 Å². The van der Waals surface area contributed by atoms with Crippen LogP contribution in [-0.4, -0.2) is 47.8 Å². The van der Waals surface area contributed by atoms with Gasteiger partial charge in [-0.3, -0.25) is 14.5 Å². The highest BCUT2D eigenvalue weighted by Crippen LogP contribution is 2.32. The van der Waals surface area contributed by atoms with Gasteiger partial charge in [0.25, 0.3) is 0 Å². The Labute approximate surface area is 172 Å². The highest BCUT2D eigenvalue weighted by atomic mass is 16.2. The Morgan fingerprint density at radius 3 is 2.45 bits per heavy atom. The topological polar surface area (TPSA) is 52.7 Å². The minimum absolute atomic E-state index is 0.00960. The van der Waals surface area contributed by atoms with Crippen LogP contribution in [0.25, 0.3) is 0 Å². The lowest BCUT2D eigenvalue weighted by Crippen LogP contribution is -2.42. The van der Waals surface area contributed by atoms with Crippen molar-refractivity contribution in [2.24, 2.45) is 0 Å². The number of amides is 2. The number of nitrogens with zero attached hydrogens (tertiary/aromatic N) is 2. The van der Waals surface area contributed by atoms with E-state index in [0.717, 1.165) is 38.0 Å². The number of rotatable bonds is 5. The molecule has 2 aromatic rings. The molecule has 0 aliphatic carbocycles. The molecule has 0 saturated carbocycles. The van der Waals surface area contributed by atoms with Crippen LogP contribution < -0.4 is 5.32 Å². The third-order valence-corrected chi connectivity index (χ3v) is 6.16. The van der Waals surface area contributed by atoms with Gasteiger partial charge in [0.15, 0.2) is 0 Å². The monoisotopic (exact) mass is 391 g/mol. The second kappa shape index (κ2) is 8.78. The van der Waals surface area contributed by atoms with Crippen LogP contribution in [0.5, 0.6) is 0 Å². The van der Waals surface area contributed by atoms with Crippen molar-refractivity contribution in [1.82, 2.24) is 15.1 Å². The van der Waals surface area contributed by atoms with Gasteiger partial charge in [-0.15, -0.1) is 0 Å². The fourth-order valence-electron chi connectivity index (χ4n) is 4.59. The number of fused-ring (bicyclic) bond motifs is 2. The van der Waals surface area contributed by atoms with Crippen LogP contribution in [0.3, 0.4) is 0 Å². The average molecular weight is 392 g/mol. The Hall–Kier alpha value is -2.66. The molecule has 2 aliphatic rings. The maximum atomic E-state index is 12.7. The van der Waals surface area contributed by atoms with Gasteiger partial charge in [0.2, 0.25) is 11.8 Å². The van der Waals surface area contributed by atoms with Crippen molar-refractivity contribution >= 4 is 11.8 Å². The van der Waals surface area contributed by atoms with Gasteiger partial charge in [0, 0.05) is 39.6 Å². The molecule has 2 aromatic carbocycles. The van der Waals surface area contributed by atoms with E-state index in [1.807, 2.05) is 23.1 Å². The zero-order valence-electron chi connectivity index (χ0n) is 17.1. The molecule has 0 spiro atoms. The van der Waals surface area contributed by atoms with Crippen molar-refractivity contribution in [3.63, 3.8) is 0 Å². The van der Waals surface area contributed by atoms with Crippen LogP contribution >= 0.6 is 0 Å². The van der Waals surface area contributed by atoms with Crippen LogP contribution in [0.2, 0.25) is 0 Å². The molecule has 0 aromatic heterocycles. The summed E-state index contributed by atoms with van der Waals surface area (Å²) in [6.45, 7) is 5.72. The Morgan fingerprint density at radius 1 is 0.966 bits per heavy atom. The van der Waals surface area contributed by atoms with Crippen LogP contribution in [0.15, 0.2) is 48.5 Å². The molecule has 1 N–H and O–H groups in total. The minimum atomic E-state index is -0.167. The first-order chi connectivity index (χ1) is 14.1. The molecule has 1 unspecified atom stereocenters. The quantitative estimate of drug-likeness (QED) is 0.853. The molecule has 0 saturated heterocycles. The molecule has 4 rings (SSSR count). The van der Waals surface area contributed by atoms with Gasteiger partial charge in [-0.25, -0.2) is 0 Å². The lowest BCUT2D eigenvalue weighted by atomic mass is 9.90. The molecule has 0 fully saturated rings. The van der Waals surface area contributed by atoms with E-state index >= 15 is 0 Å². The van der Waals surface area contributed by atoms with E-state index in [2.05, 4.69) is 40.5 Å².